The average molecular weight is 467 g/mol. The van der Waals surface area contributed by atoms with Gasteiger partial charge in [0, 0.05) is 0 Å². The second-order valence-corrected chi connectivity index (χ2v) is 9.10. The summed E-state index contributed by atoms with van der Waals surface area (Å²) in [6.45, 7) is 1.28. The first-order chi connectivity index (χ1) is 14.2. The minimum atomic E-state index is -4.10. The Morgan fingerprint density at radius 2 is 1.63 bits per heavy atom. The van der Waals surface area contributed by atoms with Crippen LogP contribution < -0.4 is 9.62 Å². The Morgan fingerprint density at radius 3 is 2.27 bits per heavy atom. The van der Waals surface area contributed by atoms with Gasteiger partial charge in [-0.1, -0.05) is 47.0 Å². The number of amides is 1. The molecule has 9 heteroatoms. The van der Waals surface area contributed by atoms with Crippen LogP contribution in [0.1, 0.15) is 5.56 Å². The summed E-state index contributed by atoms with van der Waals surface area (Å²) < 4.78 is 40.8. The third-order valence-electron chi connectivity index (χ3n) is 4.24. The number of sulfonamides is 1. The molecule has 0 aliphatic carbocycles. The summed E-state index contributed by atoms with van der Waals surface area (Å²) in [7, 11) is -4.10. The van der Waals surface area contributed by atoms with Crippen molar-refractivity contribution in [2.24, 2.45) is 0 Å². The predicted molar refractivity (Wildman–Crippen MR) is 117 cm³/mol. The quantitative estimate of drug-likeness (QED) is 0.537. The zero-order valence-corrected chi connectivity index (χ0v) is 18.1. The third-order valence-corrected chi connectivity index (χ3v) is 6.84. The molecule has 0 heterocycles. The van der Waals surface area contributed by atoms with Crippen molar-refractivity contribution in [1.82, 2.24) is 0 Å². The van der Waals surface area contributed by atoms with Crippen molar-refractivity contribution in [3.05, 3.63) is 88.2 Å². The Morgan fingerprint density at radius 1 is 1.00 bits per heavy atom. The van der Waals surface area contributed by atoms with E-state index in [1.54, 1.807) is 30.3 Å². The summed E-state index contributed by atoms with van der Waals surface area (Å²) in [6, 6.07) is 15.8. The number of carbonyl (C=O) groups is 1. The predicted octanol–water partition coefficient (Wildman–Crippen LogP) is 5.27. The van der Waals surface area contributed by atoms with E-state index in [2.05, 4.69) is 5.32 Å². The fourth-order valence-corrected chi connectivity index (χ4v) is 4.45. The maximum atomic E-state index is 13.4. The van der Waals surface area contributed by atoms with Gasteiger partial charge in [-0.05, 0) is 55.5 Å². The Bertz CT molecular complexity index is 1170. The van der Waals surface area contributed by atoms with E-state index in [0.717, 1.165) is 22.0 Å². The first-order valence-corrected chi connectivity index (χ1v) is 11.0. The Labute approximate surface area is 184 Å². The Balaban J connectivity index is 1.95. The van der Waals surface area contributed by atoms with Gasteiger partial charge in [0.25, 0.3) is 10.0 Å². The second-order valence-electron chi connectivity index (χ2n) is 6.45. The van der Waals surface area contributed by atoms with E-state index in [-0.39, 0.29) is 26.3 Å². The Hall–Kier alpha value is -2.61. The van der Waals surface area contributed by atoms with Crippen molar-refractivity contribution in [2.75, 3.05) is 16.2 Å². The number of rotatable bonds is 6. The number of anilines is 2. The minimum Gasteiger partial charge on any atom is -0.323 e. The molecule has 1 amide bonds. The summed E-state index contributed by atoms with van der Waals surface area (Å²) in [6.07, 6.45) is 0. The SMILES string of the molecule is Cc1ccc(S(=O)(=O)N(CC(=O)Nc2cccc(Cl)c2Cl)c2ccc(F)cc2)cc1. The molecule has 0 fully saturated rings. The number of hydrogen-bond donors (Lipinski definition) is 1. The molecule has 0 saturated heterocycles. The summed E-state index contributed by atoms with van der Waals surface area (Å²) in [4.78, 5) is 12.7. The number of nitrogens with zero attached hydrogens (tertiary/aromatic N) is 1. The minimum absolute atomic E-state index is 0.00557. The third kappa shape index (κ3) is 4.92. The molecule has 0 spiro atoms. The first-order valence-electron chi connectivity index (χ1n) is 8.77. The molecule has 156 valence electrons. The molecule has 0 aliphatic heterocycles. The summed E-state index contributed by atoms with van der Waals surface area (Å²) in [5.74, 6) is -1.17. The monoisotopic (exact) mass is 466 g/mol. The van der Waals surface area contributed by atoms with Crippen LogP contribution in [0.2, 0.25) is 10.0 Å². The van der Waals surface area contributed by atoms with E-state index in [4.69, 9.17) is 23.2 Å². The van der Waals surface area contributed by atoms with Crippen molar-refractivity contribution in [3.63, 3.8) is 0 Å². The van der Waals surface area contributed by atoms with Gasteiger partial charge in [-0.15, -0.1) is 0 Å². The number of carbonyl (C=O) groups excluding carboxylic acids is 1. The molecule has 0 aliphatic rings. The highest BCUT2D eigenvalue weighted by molar-refractivity contribution is 7.92. The fraction of sp³-hybridized carbons (Fsp3) is 0.0952. The van der Waals surface area contributed by atoms with Crippen LogP contribution in [0.3, 0.4) is 0 Å². The van der Waals surface area contributed by atoms with E-state index < -0.39 is 28.3 Å². The molecule has 5 nitrogen and oxygen atoms in total. The van der Waals surface area contributed by atoms with Crippen LogP contribution in [-0.2, 0) is 14.8 Å². The van der Waals surface area contributed by atoms with Crippen LogP contribution in [0.4, 0.5) is 15.8 Å². The lowest BCUT2D eigenvalue weighted by atomic mass is 10.2. The molecule has 30 heavy (non-hydrogen) atoms. The highest BCUT2D eigenvalue weighted by Gasteiger charge is 2.27. The van der Waals surface area contributed by atoms with Gasteiger partial charge in [0.05, 0.1) is 26.3 Å². The molecule has 0 aromatic heterocycles. The van der Waals surface area contributed by atoms with Crippen LogP contribution in [0, 0.1) is 12.7 Å². The zero-order chi connectivity index (χ0) is 21.9. The number of nitrogens with one attached hydrogen (secondary N) is 1. The standard InChI is InChI=1S/C21H17Cl2FN2O3S/c1-14-5-11-17(12-6-14)30(28,29)26(16-9-7-15(24)8-10-16)13-20(27)25-19-4-2-3-18(22)21(19)23/h2-12H,13H2,1H3,(H,25,27). The highest BCUT2D eigenvalue weighted by atomic mass is 35.5. The molecule has 0 atom stereocenters. The molecule has 0 radical (unpaired) electrons. The maximum Gasteiger partial charge on any atom is 0.264 e. The fourth-order valence-electron chi connectivity index (χ4n) is 2.68. The lowest BCUT2D eigenvalue weighted by molar-refractivity contribution is -0.114. The van der Waals surface area contributed by atoms with Crippen LogP contribution >= 0.6 is 23.2 Å². The molecule has 1 N–H and O–H groups in total. The second kappa shape index (κ2) is 9.04. The Kier molecular flexibility index (Phi) is 6.65. The first kappa shape index (κ1) is 22.1. The highest BCUT2D eigenvalue weighted by Crippen LogP contribution is 2.30. The molecule has 0 bridgehead atoms. The molecule has 0 saturated carbocycles. The number of halogens is 3. The van der Waals surface area contributed by atoms with Crippen molar-refractivity contribution >= 4 is 50.5 Å². The van der Waals surface area contributed by atoms with Gasteiger partial charge in [-0.2, -0.15) is 0 Å². The largest absolute Gasteiger partial charge is 0.323 e. The lowest BCUT2D eigenvalue weighted by Crippen LogP contribution is -2.38. The molecule has 3 aromatic rings. The van der Waals surface area contributed by atoms with E-state index in [9.17, 15) is 17.6 Å². The van der Waals surface area contributed by atoms with E-state index in [1.807, 2.05) is 6.92 Å². The molecule has 3 rings (SSSR count). The zero-order valence-electron chi connectivity index (χ0n) is 15.8. The molecule has 0 unspecified atom stereocenters. The van der Waals surface area contributed by atoms with Crippen molar-refractivity contribution in [1.29, 1.82) is 0 Å². The maximum absolute atomic E-state index is 13.4. The average Bonchev–Trinajstić information content (AvgIpc) is 2.71. The van der Waals surface area contributed by atoms with Crippen molar-refractivity contribution < 1.29 is 17.6 Å². The molecular weight excluding hydrogens is 450 g/mol. The summed E-state index contributed by atoms with van der Waals surface area (Å²) in [5, 5.41) is 2.95. The van der Waals surface area contributed by atoms with Crippen LogP contribution in [-0.4, -0.2) is 20.9 Å². The van der Waals surface area contributed by atoms with Crippen LogP contribution in [0.5, 0.6) is 0 Å². The van der Waals surface area contributed by atoms with Gasteiger partial charge in [-0.25, -0.2) is 12.8 Å². The number of aryl methyl sites for hydroxylation is 1. The van der Waals surface area contributed by atoms with E-state index in [1.165, 1.54) is 24.3 Å². The van der Waals surface area contributed by atoms with Gasteiger partial charge < -0.3 is 5.32 Å². The van der Waals surface area contributed by atoms with Crippen LogP contribution in [0.25, 0.3) is 0 Å². The van der Waals surface area contributed by atoms with E-state index >= 15 is 0 Å². The van der Waals surface area contributed by atoms with Crippen molar-refractivity contribution in [3.8, 4) is 0 Å². The number of benzene rings is 3. The lowest BCUT2D eigenvalue weighted by Gasteiger charge is -2.24. The van der Waals surface area contributed by atoms with E-state index in [0.29, 0.717) is 0 Å². The van der Waals surface area contributed by atoms with Gasteiger partial charge >= 0.3 is 0 Å². The summed E-state index contributed by atoms with van der Waals surface area (Å²) in [5.41, 5.74) is 1.28. The summed E-state index contributed by atoms with van der Waals surface area (Å²) >= 11 is 12.0. The number of hydrogen-bond acceptors (Lipinski definition) is 3. The van der Waals surface area contributed by atoms with Crippen molar-refractivity contribution in [2.45, 2.75) is 11.8 Å². The van der Waals surface area contributed by atoms with Gasteiger partial charge in [0.2, 0.25) is 5.91 Å². The van der Waals surface area contributed by atoms with Gasteiger partial charge in [0.15, 0.2) is 0 Å². The van der Waals surface area contributed by atoms with Gasteiger partial charge in [0.1, 0.15) is 12.4 Å². The topological polar surface area (TPSA) is 66.5 Å². The van der Waals surface area contributed by atoms with Crippen LogP contribution in [0.15, 0.2) is 71.6 Å². The van der Waals surface area contributed by atoms with Gasteiger partial charge in [-0.3, -0.25) is 9.10 Å². The molecular formula is C21H17Cl2FN2O3S. The smallest absolute Gasteiger partial charge is 0.264 e. The molecule has 3 aromatic carbocycles. The normalized spacial score (nSPS) is 11.2.